The van der Waals surface area contributed by atoms with Crippen LogP contribution in [0.3, 0.4) is 0 Å². The van der Waals surface area contributed by atoms with Gasteiger partial charge in [0.1, 0.15) is 12.1 Å². The molecule has 3 aromatic carbocycles. The summed E-state index contributed by atoms with van der Waals surface area (Å²) in [6.07, 6.45) is -2.35. The van der Waals surface area contributed by atoms with Crippen molar-refractivity contribution < 1.29 is 22.7 Å². The van der Waals surface area contributed by atoms with E-state index in [1.165, 1.54) is 40.8 Å². The first-order valence-corrected chi connectivity index (χ1v) is 14.9. The normalized spacial score (nSPS) is 15.9. The lowest BCUT2D eigenvalue weighted by Gasteiger charge is -2.23. The zero-order chi connectivity index (χ0) is 30.6. The molecular weight excluding hydrogens is 577 g/mol. The zero-order valence-corrected chi connectivity index (χ0v) is 24.7. The number of aryl methyl sites for hydroxylation is 1. The second kappa shape index (κ2) is 12.9. The topological polar surface area (TPSA) is 84.6 Å². The number of benzene rings is 3. The van der Waals surface area contributed by atoms with Crippen LogP contribution in [0.1, 0.15) is 37.8 Å². The molecule has 0 radical (unpaired) electrons. The van der Waals surface area contributed by atoms with Gasteiger partial charge in [-0.2, -0.15) is 4.99 Å². The smallest absolute Gasteiger partial charge is 0.406 e. The number of rotatable bonds is 8. The molecule has 0 bridgehead atoms. The first-order chi connectivity index (χ1) is 20.6. The molecule has 224 valence electrons. The van der Waals surface area contributed by atoms with E-state index in [2.05, 4.69) is 49.1 Å². The van der Waals surface area contributed by atoms with Crippen LogP contribution in [0, 0.1) is 0 Å². The van der Waals surface area contributed by atoms with Gasteiger partial charge in [-0.25, -0.2) is 14.5 Å². The fourth-order valence-corrected chi connectivity index (χ4v) is 5.72. The molecule has 12 heteroatoms. The average molecular weight is 609 g/mol. The van der Waals surface area contributed by atoms with Crippen LogP contribution in [0.5, 0.6) is 5.75 Å². The van der Waals surface area contributed by atoms with Crippen molar-refractivity contribution in [3.05, 3.63) is 90.3 Å². The predicted octanol–water partition coefficient (Wildman–Crippen LogP) is 7.21. The number of hydrogen-bond donors (Lipinski definition) is 1. The van der Waals surface area contributed by atoms with Crippen LogP contribution < -0.4 is 15.0 Å². The molecule has 0 spiro atoms. The number of ether oxygens (including phenoxy) is 1. The first-order valence-electron chi connectivity index (χ1n) is 13.9. The molecule has 2 heterocycles. The van der Waals surface area contributed by atoms with Crippen molar-refractivity contribution in [1.29, 1.82) is 0 Å². The molecule has 5 rings (SSSR count). The highest BCUT2D eigenvalue weighted by molar-refractivity contribution is 8.14. The molecule has 1 aliphatic rings. The highest BCUT2D eigenvalue weighted by Crippen LogP contribution is 2.29. The molecule has 2 unspecified atom stereocenters. The van der Waals surface area contributed by atoms with Crippen molar-refractivity contribution >= 4 is 28.6 Å². The van der Waals surface area contributed by atoms with E-state index in [-0.39, 0.29) is 23.7 Å². The van der Waals surface area contributed by atoms with Gasteiger partial charge in [0.15, 0.2) is 11.0 Å². The molecule has 8 nitrogen and oxygen atoms in total. The number of amides is 2. The second-order valence-corrected chi connectivity index (χ2v) is 11.1. The number of thioether (sulfide) groups is 1. The maximum Gasteiger partial charge on any atom is 0.573 e. The minimum Gasteiger partial charge on any atom is -0.406 e. The van der Waals surface area contributed by atoms with Gasteiger partial charge < -0.3 is 15.0 Å². The number of carbonyl (C=O) groups excluding carboxylic acids is 1. The van der Waals surface area contributed by atoms with Crippen LogP contribution in [0.4, 0.5) is 23.7 Å². The molecule has 1 fully saturated rings. The number of urea groups is 1. The van der Waals surface area contributed by atoms with Gasteiger partial charge in [0, 0.05) is 35.5 Å². The average Bonchev–Trinajstić information content (AvgIpc) is 3.67. The quantitative estimate of drug-likeness (QED) is 0.228. The van der Waals surface area contributed by atoms with Gasteiger partial charge in [-0.15, -0.1) is 18.3 Å². The number of alkyl halides is 3. The van der Waals surface area contributed by atoms with Crippen LogP contribution >= 0.6 is 11.8 Å². The number of nitrogens with zero attached hydrogens (tertiary/aromatic N) is 5. The van der Waals surface area contributed by atoms with E-state index in [4.69, 9.17) is 0 Å². The van der Waals surface area contributed by atoms with Crippen LogP contribution in [0.15, 0.2) is 84.1 Å². The molecule has 1 N–H and O–H groups in total. The molecule has 2 atom stereocenters. The van der Waals surface area contributed by atoms with Gasteiger partial charge in [0.25, 0.3) is 0 Å². The van der Waals surface area contributed by atoms with E-state index in [9.17, 15) is 18.0 Å². The van der Waals surface area contributed by atoms with Crippen molar-refractivity contribution in [2.45, 2.75) is 45.5 Å². The molecule has 0 aliphatic carbocycles. The van der Waals surface area contributed by atoms with Crippen LogP contribution in [-0.2, 0) is 6.42 Å². The molecule has 1 saturated heterocycles. The minimum absolute atomic E-state index is 0.00861. The summed E-state index contributed by atoms with van der Waals surface area (Å²) in [5.74, 6) is 1.04. The van der Waals surface area contributed by atoms with E-state index in [0.29, 0.717) is 16.7 Å². The summed E-state index contributed by atoms with van der Waals surface area (Å²) in [4.78, 5) is 23.8. The number of nitrogens with one attached hydrogen (secondary N) is 1. The fourth-order valence-electron chi connectivity index (χ4n) is 4.77. The van der Waals surface area contributed by atoms with Gasteiger partial charge >= 0.3 is 12.4 Å². The summed E-state index contributed by atoms with van der Waals surface area (Å²) >= 11 is 1.58. The van der Waals surface area contributed by atoms with E-state index < -0.39 is 6.36 Å². The highest BCUT2D eigenvalue weighted by atomic mass is 32.2. The van der Waals surface area contributed by atoms with Gasteiger partial charge in [0.05, 0.1) is 5.69 Å². The highest BCUT2D eigenvalue weighted by Gasteiger charge is 2.31. The zero-order valence-electron chi connectivity index (χ0n) is 23.9. The number of halogens is 3. The van der Waals surface area contributed by atoms with E-state index in [1.54, 1.807) is 11.8 Å². The third-order valence-electron chi connectivity index (χ3n) is 7.26. The van der Waals surface area contributed by atoms with Crippen molar-refractivity contribution in [2.75, 3.05) is 17.2 Å². The molecule has 1 aromatic heterocycles. The van der Waals surface area contributed by atoms with Gasteiger partial charge in [0.2, 0.25) is 0 Å². The monoisotopic (exact) mass is 608 g/mol. The summed E-state index contributed by atoms with van der Waals surface area (Å²) in [6, 6.07) is 20.8. The molecule has 0 saturated carbocycles. The summed E-state index contributed by atoms with van der Waals surface area (Å²) in [7, 11) is 0. The van der Waals surface area contributed by atoms with Crippen LogP contribution in [0.2, 0.25) is 0 Å². The predicted molar refractivity (Wildman–Crippen MR) is 163 cm³/mol. The van der Waals surface area contributed by atoms with E-state index in [1.807, 2.05) is 50.2 Å². The lowest BCUT2D eigenvalue weighted by Crippen LogP contribution is -2.35. The lowest BCUT2D eigenvalue weighted by atomic mass is 9.93. The van der Waals surface area contributed by atoms with Gasteiger partial charge in [-0.05, 0) is 54.8 Å². The molecule has 4 aromatic rings. The van der Waals surface area contributed by atoms with Crippen LogP contribution in [-0.4, -0.2) is 50.7 Å². The largest absolute Gasteiger partial charge is 0.573 e. The Balaban J connectivity index is 1.21. The molecule has 2 amide bonds. The van der Waals surface area contributed by atoms with E-state index >= 15 is 0 Å². The fraction of sp³-hybridized carbons (Fsp3) is 0.290. The standard InChI is InChI=1S/C31H31F3N6O2S/c1-4-22-7-5-6-8-27(22)39-17-18-43-30(39)37-29(41)36-21(3)20(2)23-9-11-24(12-10-23)28-35-19-40(38-28)25-13-15-26(16-14-25)42-31(32,33)34/h5-16,19-21H,4,17-18H2,1-3H3,(H,36,41)/b37-30-. The summed E-state index contributed by atoms with van der Waals surface area (Å²) in [5.41, 5.74) is 4.66. The summed E-state index contributed by atoms with van der Waals surface area (Å²) in [5, 5.41) is 8.19. The number of hydrogen-bond acceptors (Lipinski definition) is 5. The number of carbonyl (C=O) groups is 1. The number of para-hydroxylation sites is 1. The maximum absolute atomic E-state index is 12.9. The Kier molecular flexibility index (Phi) is 9.05. The Morgan fingerprint density at radius 2 is 1.79 bits per heavy atom. The lowest BCUT2D eigenvalue weighted by molar-refractivity contribution is -0.274. The second-order valence-electron chi connectivity index (χ2n) is 10.1. The van der Waals surface area contributed by atoms with Crippen LogP contribution in [0.25, 0.3) is 17.1 Å². The van der Waals surface area contributed by atoms with Crippen molar-refractivity contribution in [3.8, 4) is 22.8 Å². The number of aromatic nitrogens is 3. The number of amidine groups is 1. The number of anilines is 1. The third kappa shape index (κ3) is 7.37. The summed E-state index contributed by atoms with van der Waals surface area (Å²) in [6.45, 7) is 6.92. The van der Waals surface area contributed by atoms with Crippen molar-refractivity contribution in [1.82, 2.24) is 20.1 Å². The summed E-state index contributed by atoms with van der Waals surface area (Å²) < 4.78 is 42.7. The van der Waals surface area contributed by atoms with Crippen molar-refractivity contribution in [3.63, 3.8) is 0 Å². The number of aliphatic imine (C=N–C) groups is 1. The first kappa shape index (κ1) is 30.1. The molecular formula is C31H31F3N6O2S. The van der Waals surface area contributed by atoms with Gasteiger partial charge in [-0.3, -0.25) is 0 Å². The Hall–Kier alpha value is -4.32. The van der Waals surface area contributed by atoms with E-state index in [0.717, 1.165) is 35.5 Å². The Morgan fingerprint density at radius 3 is 2.49 bits per heavy atom. The third-order valence-corrected chi connectivity index (χ3v) is 8.22. The molecule has 1 aliphatic heterocycles. The Bertz CT molecular complexity index is 1590. The van der Waals surface area contributed by atoms with Crippen molar-refractivity contribution in [2.24, 2.45) is 4.99 Å². The maximum atomic E-state index is 12.9. The SMILES string of the molecule is CCc1ccccc1N1CCS/C1=N\C(=O)NC(C)C(C)c1ccc(-c2ncn(-c3ccc(OC(F)(F)F)cc3)n2)cc1. The Labute approximate surface area is 252 Å². The Morgan fingerprint density at radius 1 is 1.07 bits per heavy atom. The minimum atomic E-state index is -4.75. The van der Waals surface area contributed by atoms with Gasteiger partial charge in [-0.1, -0.05) is 68.1 Å². The molecule has 43 heavy (non-hydrogen) atoms.